The predicted octanol–water partition coefficient (Wildman–Crippen LogP) is 1.55. The number of carbonyl (C=O) groups excluding carboxylic acids is 1. The third-order valence-corrected chi connectivity index (χ3v) is 2.22. The first kappa shape index (κ1) is 8.81. The Labute approximate surface area is 82.4 Å². The van der Waals surface area contributed by atoms with Crippen LogP contribution in [-0.2, 0) is 11.3 Å². The lowest BCUT2D eigenvalue weighted by Crippen LogP contribution is -2.18. The van der Waals surface area contributed by atoms with Gasteiger partial charge in [0.25, 0.3) is 5.91 Å². The quantitative estimate of drug-likeness (QED) is 0.727. The second-order valence-corrected chi connectivity index (χ2v) is 3.11. The smallest absolute Gasteiger partial charge is 0.251 e. The minimum absolute atomic E-state index is 0.0623. The maximum Gasteiger partial charge on any atom is 0.251 e. The zero-order valence-corrected chi connectivity index (χ0v) is 7.91. The van der Waals surface area contributed by atoms with Crippen molar-refractivity contribution in [2.75, 3.05) is 7.05 Å². The summed E-state index contributed by atoms with van der Waals surface area (Å²) < 4.78 is 5.14. The molecule has 0 unspecified atom stereocenters. The first-order chi connectivity index (χ1) is 6.81. The summed E-state index contributed by atoms with van der Waals surface area (Å²) in [5.74, 6) is -0.0623. The van der Waals surface area contributed by atoms with E-state index in [-0.39, 0.29) is 5.91 Å². The zero-order chi connectivity index (χ0) is 9.97. The SMILES string of the molecule is CNC(=O)c1ccc2c(c1)C=COC2. The Kier molecular flexibility index (Phi) is 2.23. The number of carbonyl (C=O) groups is 1. The molecule has 1 aliphatic heterocycles. The second kappa shape index (κ2) is 3.54. The van der Waals surface area contributed by atoms with Crippen LogP contribution >= 0.6 is 0 Å². The van der Waals surface area contributed by atoms with Crippen LogP contribution in [0.1, 0.15) is 21.5 Å². The van der Waals surface area contributed by atoms with E-state index >= 15 is 0 Å². The Hall–Kier alpha value is -1.77. The van der Waals surface area contributed by atoms with Crippen LogP contribution in [0.25, 0.3) is 6.08 Å². The zero-order valence-electron chi connectivity index (χ0n) is 7.91. The summed E-state index contributed by atoms with van der Waals surface area (Å²) in [5, 5.41) is 2.59. The minimum Gasteiger partial charge on any atom is -0.496 e. The fourth-order valence-electron chi connectivity index (χ4n) is 1.43. The van der Waals surface area contributed by atoms with Gasteiger partial charge in [-0.1, -0.05) is 6.07 Å². The summed E-state index contributed by atoms with van der Waals surface area (Å²) in [6, 6.07) is 5.59. The molecule has 0 fully saturated rings. The Morgan fingerprint density at radius 2 is 2.36 bits per heavy atom. The third kappa shape index (κ3) is 1.48. The van der Waals surface area contributed by atoms with Crippen molar-refractivity contribution in [2.24, 2.45) is 0 Å². The molecular formula is C11H11NO2. The molecule has 3 heteroatoms. The van der Waals surface area contributed by atoms with E-state index in [0.717, 1.165) is 11.1 Å². The molecule has 1 N–H and O–H groups in total. The highest BCUT2D eigenvalue weighted by atomic mass is 16.5. The molecule has 2 rings (SSSR count). The fraction of sp³-hybridized carbons (Fsp3) is 0.182. The molecule has 3 nitrogen and oxygen atoms in total. The largest absolute Gasteiger partial charge is 0.496 e. The van der Waals surface area contributed by atoms with Crippen LogP contribution in [0.3, 0.4) is 0 Å². The first-order valence-corrected chi connectivity index (χ1v) is 4.44. The van der Waals surface area contributed by atoms with Crippen LogP contribution in [0.15, 0.2) is 24.5 Å². The lowest BCUT2D eigenvalue weighted by molar-refractivity contribution is 0.0963. The highest BCUT2D eigenvalue weighted by Crippen LogP contribution is 2.18. The molecule has 0 atom stereocenters. The summed E-state index contributed by atoms with van der Waals surface area (Å²) in [6.07, 6.45) is 3.52. The molecule has 0 aliphatic carbocycles. The van der Waals surface area contributed by atoms with E-state index < -0.39 is 0 Å². The summed E-state index contributed by atoms with van der Waals surface area (Å²) in [5.41, 5.74) is 2.84. The molecule has 14 heavy (non-hydrogen) atoms. The van der Waals surface area contributed by atoms with Gasteiger partial charge in [0, 0.05) is 12.6 Å². The van der Waals surface area contributed by atoms with Crippen molar-refractivity contribution in [2.45, 2.75) is 6.61 Å². The fourth-order valence-corrected chi connectivity index (χ4v) is 1.43. The maximum atomic E-state index is 11.3. The van der Waals surface area contributed by atoms with Crippen molar-refractivity contribution >= 4 is 12.0 Å². The van der Waals surface area contributed by atoms with Gasteiger partial charge in [-0.25, -0.2) is 0 Å². The highest BCUT2D eigenvalue weighted by Gasteiger charge is 2.08. The number of rotatable bonds is 1. The number of hydrogen-bond acceptors (Lipinski definition) is 2. The lowest BCUT2D eigenvalue weighted by atomic mass is 10.0. The summed E-state index contributed by atoms with van der Waals surface area (Å²) in [4.78, 5) is 11.3. The van der Waals surface area contributed by atoms with E-state index in [2.05, 4.69) is 5.32 Å². The van der Waals surface area contributed by atoms with Gasteiger partial charge in [-0.05, 0) is 29.3 Å². The van der Waals surface area contributed by atoms with Gasteiger partial charge in [-0.3, -0.25) is 4.79 Å². The molecule has 1 heterocycles. The monoisotopic (exact) mass is 189 g/mol. The highest BCUT2D eigenvalue weighted by molar-refractivity contribution is 5.94. The summed E-state index contributed by atoms with van der Waals surface area (Å²) >= 11 is 0. The molecular weight excluding hydrogens is 178 g/mol. The summed E-state index contributed by atoms with van der Waals surface area (Å²) in [6.45, 7) is 0.583. The molecule has 0 radical (unpaired) electrons. The van der Waals surface area contributed by atoms with E-state index in [9.17, 15) is 4.79 Å². The van der Waals surface area contributed by atoms with E-state index in [4.69, 9.17) is 4.74 Å². The molecule has 1 aliphatic rings. The maximum absolute atomic E-state index is 11.3. The Morgan fingerprint density at radius 1 is 1.50 bits per heavy atom. The molecule has 1 aromatic carbocycles. The van der Waals surface area contributed by atoms with Gasteiger partial charge in [0.1, 0.15) is 6.61 Å². The van der Waals surface area contributed by atoms with Crippen molar-refractivity contribution in [3.05, 3.63) is 41.2 Å². The first-order valence-electron chi connectivity index (χ1n) is 4.44. The van der Waals surface area contributed by atoms with E-state index in [1.165, 1.54) is 0 Å². The molecule has 0 saturated carbocycles. The standard InChI is InChI=1S/C11H11NO2/c1-12-11(13)9-2-3-10-7-14-5-4-8(10)6-9/h2-6H,7H2,1H3,(H,12,13). The number of nitrogens with one attached hydrogen (secondary N) is 1. The van der Waals surface area contributed by atoms with E-state index in [1.54, 1.807) is 19.4 Å². The normalized spacial score (nSPS) is 12.9. The number of ether oxygens (including phenoxy) is 1. The van der Waals surface area contributed by atoms with Crippen molar-refractivity contribution in [3.63, 3.8) is 0 Å². The molecule has 1 amide bonds. The molecule has 0 bridgehead atoms. The molecule has 72 valence electrons. The Morgan fingerprint density at radius 3 is 3.14 bits per heavy atom. The molecule has 0 aromatic heterocycles. The van der Waals surface area contributed by atoms with Crippen molar-refractivity contribution in [1.82, 2.24) is 5.32 Å². The molecule has 1 aromatic rings. The van der Waals surface area contributed by atoms with Crippen LogP contribution in [-0.4, -0.2) is 13.0 Å². The Balaban J connectivity index is 2.40. The second-order valence-electron chi connectivity index (χ2n) is 3.11. The van der Waals surface area contributed by atoms with Gasteiger partial charge in [-0.15, -0.1) is 0 Å². The predicted molar refractivity (Wildman–Crippen MR) is 53.7 cm³/mol. The van der Waals surface area contributed by atoms with Crippen LogP contribution in [0.5, 0.6) is 0 Å². The van der Waals surface area contributed by atoms with Gasteiger partial charge >= 0.3 is 0 Å². The minimum atomic E-state index is -0.0623. The van der Waals surface area contributed by atoms with Crippen LogP contribution in [0, 0.1) is 0 Å². The van der Waals surface area contributed by atoms with Gasteiger partial charge in [0.05, 0.1) is 6.26 Å². The number of hydrogen-bond donors (Lipinski definition) is 1. The van der Waals surface area contributed by atoms with E-state index in [0.29, 0.717) is 12.2 Å². The lowest BCUT2D eigenvalue weighted by Gasteiger charge is -2.12. The van der Waals surface area contributed by atoms with Gasteiger partial charge in [0.15, 0.2) is 0 Å². The average Bonchev–Trinajstić information content (AvgIpc) is 2.27. The topological polar surface area (TPSA) is 38.3 Å². The van der Waals surface area contributed by atoms with Crippen molar-refractivity contribution in [3.8, 4) is 0 Å². The van der Waals surface area contributed by atoms with E-state index in [1.807, 2.05) is 18.2 Å². The van der Waals surface area contributed by atoms with Crippen LogP contribution < -0.4 is 5.32 Å². The third-order valence-electron chi connectivity index (χ3n) is 2.22. The van der Waals surface area contributed by atoms with Gasteiger partial charge < -0.3 is 10.1 Å². The van der Waals surface area contributed by atoms with Gasteiger partial charge in [-0.2, -0.15) is 0 Å². The summed E-state index contributed by atoms with van der Waals surface area (Å²) in [7, 11) is 1.63. The van der Waals surface area contributed by atoms with Crippen molar-refractivity contribution < 1.29 is 9.53 Å². The molecule has 0 saturated heterocycles. The van der Waals surface area contributed by atoms with Gasteiger partial charge in [0.2, 0.25) is 0 Å². The van der Waals surface area contributed by atoms with Crippen LogP contribution in [0.2, 0.25) is 0 Å². The van der Waals surface area contributed by atoms with Crippen LogP contribution in [0.4, 0.5) is 0 Å². The molecule has 0 spiro atoms. The Bertz CT molecular complexity index is 396. The van der Waals surface area contributed by atoms with Crippen molar-refractivity contribution in [1.29, 1.82) is 0 Å². The number of amides is 1. The average molecular weight is 189 g/mol. The number of benzene rings is 1. The number of fused-ring (bicyclic) bond motifs is 1.